The summed E-state index contributed by atoms with van der Waals surface area (Å²) in [6.45, 7) is 1.45. The van der Waals surface area contributed by atoms with Gasteiger partial charge in [-0.15, -0.1) is 0 Å². The van der Waals surface area contributed by atoms with Crippen LogP contribution in [0, 0.1) is 5.92 Å². The lowest BCUT2D eigenvalue weighted by Crippen LogP contribution is -2.52. The maximum atomic E-state index is 12.2. The zero-order valence-electron chi connectivity index (χ0n) is 12.9. The van der Waals surface area contributed by atoms with Crippen molar-refractivity contribution >= 4 is 5.91 Å². The number of likely N-dealkylation sites (tertiary alicyclic amines) is 1. The van der Waals surface area contributed by atoms with Gasteiger partial charge >= 0.3 is 6.18 Å². The third-order valence-electron chi connectivity index (χ3n) is 4.88. The summed E-state index contributed by atoms with van der Waals surface area (Å²) < 4.78 is 36.7. The molecule has 1 aliphatic carbocycles. The van der Waals surface area contributed by atoms with Crippen LogP contribution in [0.15, 0.2) is 0 Å². The first-order chi connectivity index (χ1) is 10.3. The first-order valence-electron chi connectivity index (χ1n) is 8.19. The smallest absolute Gasteiger partial charge is 0.369 e. The Bertz CT molecular complexity index is 368. The fourth-order valence-electron chi connectivity index (χ4n) is 3.58. The van der Waals surface area contributed by atoms with E-state index >= 15 is 0 Å². The number of hydrogen-bond donors (Lipinski definition) is 2. The Morgan fingerprint density at radius 1 is 1.14 bits per heavy atom. The fourth-order valence-corrected chi connectivity index (χ4v) is 3.58. The van der Waals surface area contributed by atoms with Crippen molar-refractivity contribution in [1.82, 2.24) is 10.2 Å². The molecule has 1 aliphatic heterocycles. The second-order valence-corrected chi connectivity index (χ2v) is 6.55. The Morgan fingerprint density at radius 2 is 1.77 bits per heavy atom. The number of carbonyl (C=O) groups excluding carboxylic acids is 1. The van der Waals surface area contributed by atoms with E-state index in [1.165, 1.54) is 0 Å². The van der Waals surface area contributed by atoms with Crippen LogP contribution in [0.5, 0.6) is 0 Å². The van der Waals surface area contributed by atoms with Crippen molar-refractivity contribution in [3.63, 3.8) is 0 Å². The monoisotopic (exact) mass is 321 g/mol. The van der Waals surface area contributed by atoms with Crippen LogP contribution in [-0.2, 0) is 4.79 Å². The maximum Gasteiger partial charge on any atom is 0.390 e. The number of alkyl halides is 3. The van der Waals surface area contributed by atoms with Crippen molar-refractivity contribution in [2.75, 3.05) is 19.6 Å². The predicted molar refractivity (Wildman–Crippen MR) is 78.2 cm³/mol. The van der Waals surface area contributed by atoms with Crippen LogP contribution in [0.25, 0.3) is 0 Å². The van der Waals surface area contributed by atoms with E-state index in [9.17, 15) is 18.0 Å². The molecule has 7 heteroatoms. The number of nitrogens with zero attached hydrogens (tertiary/aromatic N) is 1. The minimum Gasteiger partial charge on any atom is -0.369 e. The summed E-state index contributed by atoms with van der Waals surface area (Å²) in [5.74, 6) is -0.336. The van der Waals surface area contributed by atoms with Crippen LogP contribution in [-0.4, -0.2) is 48.7 Å². The predicted octanol–water partition coefficient (Wildman–Crippen LogP) is 2.04. The standard InChI is InChI=1S/C15H26F3N3O/c16-15(17,18)7-10-21-8-5-11(6-9-21)20-13-4-2-1-3-12(13)14(19)22/h11-13,20H,1-10H2,(H2,19,22)/t12-,13-/m1/s1. The van der Waals surface area contributed by atoms with Crippen molar-refractivity contribution < 1.29 is 18.0 Å². The molecule has 1 saturated heterocycles. The molecule has 2 atom stereocenters. The lowest BCUT2D eigenvalue weighted by Gasteiger charge is -2.37. The Balaban J connectivity index is 1.73. The molecule has 0 bridgehead atoms. The maximum absolute atomic E-state index is 12.2. The lowest BCUT2D eigenvalue weighted by molar-refractivity contribution is -0.138. The number of nitrogens with two attached hydrogens (primary N) is 1. The molecule has 4 nitrogen and oxygen atoms in total. The van der Waals surface area contributed by atoms with Crippen LogP contribution in [0.4, 0.5) is 13.2 Å². The van der Waals surface area contributed by atoms with Crippen LogP contribution in [0.3, 0.4) is 0 Å². The van der Waals surface area contributed by atoms with E-state index < -0.39 is 12.6 Å². The van der Waals surface area contributed by atoms with E-state index in [1.807, 2.05) is 4.90 Å². The molecule has 0 unspecified atom stereocenters. The fraction of sp³-hybridized carbons (Fsp3) is 0.933. The van der Waals surface area contributed by atoms with Crippen LogP contribution < -0.4 is 11.1 Å². The largest absolute Gasteiger partial charge is 0.390 e. The number of rotatable bonds is 5. The second kappa shape index (κ2) is 7.64. The molecule has 2 aliphatic rings. The highest BCUT2D eigenvalue weighted by atomic mass is 19.4. The number of hydrogen-bond acceptors (Lipinski definition) is 3. The summed E-state index contributed by atoms with van der Waals surface area (Å²) in [6, 6.07) is 0.421. The molecule has 128 valence electrons. The number of primary amides is 1. The quantitative estimate of drug-likeness (QED) is 0.815. The van der Waals surface area contributed by atoms with Gasteiger partial charge in [-0.3, -0.25) is 4.79 Å². The number of carbonyl (C=O) groups is 1. The van der Waals surface area contributed by atoms with Gasteiger partial charge < -0.3 is 16.0 Å². The number of nitrogens with one attached hydrogen (secondary N) is 1. The van der Waals surface area contributed by atoms with E-state index in [1.54, 1.807) is 0 Å². The van der Waals surface area contributed by atoms with E-state index in [4.69, 9.17) is 5.73 Å². The van der Waals surface area contributed by atoms with Crippen LogP contribution in [0.1, 0.15) is 44.9 Å². The van der Waals surface area contributed by atoms with E-state index in [0.29, 0.717) is 13.1 Å². The second-order valence-electron chi connectivity index (χ2n) is 6.55. The van der Waals surface area contributed by atoms with Crippen molar-refractivity contribution in [3.8, 4) is 0 Å². The lowest BCUT2D eigenvalue weighted by atomic mass is 9.83. The average molecular weight is 321 g/mol. The Morgan fingerprint density at radius 3 is 2.36 bits per heavy atom. The average Bonchev–Trinajstić information content (AvgIpc) is 2.46. The minimum atomic E-state index is -4.08. The third kappa shape index (κ3) is 5.43. The molecule has 3 N–H and O–H groups in total. The van der Waals surface area contributed by atoms with Crippen molar-refractivity contribution in [3.05, 3.63) is 0 Å². The molecule has 0 radical (unpaired) electrons. The van der Waals surface area contributed by atoms with E-state index in [0.717, 1.165) is 38.5 Å². The molecule has 0 aromatic carbocycles. The topological polar surface area (TPSA) is 58.4 Å². The summed E-state index contributed by atoms with van der Waals surface area (Å²) in [4.78, 5) is 13.4. The SMILES string of the molecule is NC(=O)[C@@H]1CCCC[C@H]1NC1CCN(CCC(F)(F)F)CC1. The zero-order valence-corrected chi connectivity index (χ0v) is 12.9. The van der Waals surface area contributed by atoms with Gasteiger partial charge in [0.2, 0.25) is 5.91 Å². The number of amides is 1. The van der Waals surface area contributed by atoms with Crippen LogP contribution >= 0.6 is 0 Å². The number of halogens is 3. The van der Waals surface area contributed by atoms with Crippen molar-refractivity contribution in [1.29, 1.82) is 0 Å². The molecule has 2 rings (SSSR count). The molecule has 1 amide bonds. The van der Waals surface area contributed by atoms with Gasteiger partial charge in [-0.1, -0.05) is 12.8 Å². The highest BCUT2D eigenvalue weighted by Gasteiger charge is 2.32. The Kier molecular flexibility index (Phi) is 6.09. The van der Waals surface area contributed by atoms with Crippen molar-refractivity contribution in [2.24, 2.45) is 11.7 Å². The first-order valence-corrected chi connectivity index (χ1v) is 8.19. The summed E-state index contributed by atoms with van der Waals surface area (Å²) in [5, 5.41) is 3.53. The molecule has 0 aromatic heterocycles. The van der Waals surface area contributed by atoms with Gasteiger partial charge in [-0.05, 0) is 38.8 Å². The Hall–Kier alpha value is -0.820. The Labute approximate surface area is 129 Å². The van der Waals surface area contributed by atoms with E-state index in [2.05, 4.69) is 5.32 Å². The van der Waals surface area contributed by atoms with Gasteiger partial charge in [0, 0.05) is 18.6 Å². The van der Waals surface area contributed by atoms with Gasteiger partial charge in [0.15, 0.2) is 0 Å². The third-order valence-corrected chi connectivity index (χ3v) is 4.88. The number of piperidine rings is 1. The minimum absolute atomic E-state index is 0.0869. The van der Waals surface area contributed by atoms with Gasteiger partial charge in [0.25, 0.3) is 0 Å². The first kappa shape index (κ1) is 17.5. The molecule has 22 heavy (non-hydrogen) atoms. The summed E-state index contributed by atoms with van der Waals surface area (Å²) in [7, 11) is 0. The van der Waals surface area contributed by atoms with E-state index in [-0.39, 0.29) is 30.5 Å². The molecular formula is C15H26F3N3O. The molecule has 1 saturated carbocycles. The molecular weight excluding hydrogens is 295 g/mol. The molecule has 0 aromatic rings. The molecule has 0 spiro atoms. The molecule has 1 heterocycles. The van der Waals surface area contributed by atoms with Crippen LogP contribution in [0.2, 0.25) is 0 Å². The highest BCUT2D eigenvalue weighted by molar-refractivity contribution is 5.77. The molecule has 2 fully saturated rings. The summed E-state index contributed by atoms with van der Waals surface area (Å²) >= 11 is 0. The van der Waals surface area contributed by atoms with Crippen molar-refractivity contribution in [2.45, 2.75) is 63.2 Å². The summed E-state index contributed by atoms with van der Waals surface area (Å²) in [5.41, 5.74) is 5.47. The van der Waals surface area contributed by atoms with Gasteiger partial charge in [-0.2, -0.15) is 13.2 Å². The summed E-state index contributed by atoms with van der Waals surface area (Å²) in [6.07, 6.45) is 0.802. The van der Waals surface area contributed by atoms with Gasteiger partial charge in [0.05, 0.1) is 12.3 Å². The zero-order chi connectivity index (χ0) is 16.2. The highest BCUT2D eigenvalue weighted by Crippen LogP contribution is 2.26. The van der Waals surface area contributed by atoms with Gasteiger partial charge in [-0.25, -0.2) is 0 Å². The van der Waals surface area contributed by atoms with Gasteiger partial charge in [0.1, 0.15) is 0 Å². The normalized spacial score (nSPS) is 28.7.